The zero-order chi connectivity index (χ0) is 18.5. The molecule has 7 heteroatoms. The number of aryl methyl sites for hydroxylation is 1. The lowest BCUT2D eigenvalue weighted by molar-refractivity contribution is -0.109. The Morgan fingerprint density at radius 3 is 2.58 bits per heavy atom. The SMILES string of the molecule is Cc1ccc(S(=O)(=O)n2cc3c4c(cccc42)C(=O)C(NC=O)C3)cc1. The third-order valence-corrected chi connectivity index (χ3v) is 6.41. The number of amides is 1. The van der Waals surface area contributed by atoms with Crippen molar-refractivity contribution in [3.05, 3.63) is 65.4 Å². The van der Waals surface area contributed by atoms with Crippen LogP contribution in [0.15, 0.2) is 53.6 Å². The first-order chi connectivity index (χ1) is 12.4. The Morgan fingerprint density at radius 1 is 1.15 bits per heavy atom. The summed E-state index contributed by atoms with van der Waals surface area (Å²) < 4.78 is 27.5. The van der Waals surface area contributed by atoms with Gasteiger partial charge >= 0.3 is 0 Å². The molecule has 1 heterocycles. The van der Waals surface area contributed by atoms with E-state index in [2.05, 4.69) is 5.32 Å². The van der Waals surface area contributed by atoms with Crippen molar-refractivity contribution in [2.45, 2.75) is 24.3 Å². The van der Waals surface area contributed by atoms with Crippen LogP contribution in [-0.2, 0) is 21.2 Å². The Balaban J connectivity index is 1.94. The molecule has 6 nitrogen and oxygen atoms in total. The fourth-order valence-corrected chi connectivity index (χ4v) is 4.82. The predicted octanol–water partition coefficient (Wildman–Crippen LogP) is 2.04. The number of nitrogens with one attached hydrogen (secondary N) is 1. The molecule has 0 fully saturated rings. The van der Waals surface area contributed by atoms with Crippen molar-refractivity contribution >= 4 is 33.1 Å². The van der Waals surface area contributed by atoms with Crippen LogP contribution in [0.1, 0.15) is 21.5 Å². The minimum Gasteiger partial charge on any atom is -0.348 e. The average Bonchev–Trinajstić information content (AvgIpc) is 3.00. The highest BCUT2D eigenvalue weighted by Gasteiger charge is 2.32. The van der Waals surface area contributed by atoms with Crippen molar-refractivity contribution < 1.29 is 18.0 Å². The van der Waals surface area contributed by atoms with Crippen molar-refractivity contribution in [3.63, 3.8) is 0 Å². The normalized spacial score (nSPS) is 16.7. The lowest BCUT2D eigenvalue weighted by Crippen LogP contribution is -2.39. The number of hydrogen-bond donors (Lipinski definition) is 1. The minimum atomic E-state index is -3.79. The number of Topliss-reactive ketones (excluding diaryl/α,β-unsaturated/α-hetero) is 1. The van der Waals surface area contributed by atoms with Crippen molar-refractivity contribution in [1.82, 2.24) is 9.29 Å². The van der Waals surface area contributed by atoms with E-state index in [0.29, 0.717) is 22.9 Å². The Morgan fingerprint density at radius 2 is 1.88 bits per heavy atom. The van der Waals surface area contributed by atoms with Crippen LogP contribution in [0.25, 0.3) is 10.9 Å². The van der Waals surface area contributed by atoms with Gasteiger partial charge in [-0.2, -0.15) is 0 Å². The van der Waals surface area contributed by atoms with E-state index in [-0.39, 0.29) is 17.1 Å². The molecule has 1 amide bonds. The summed E-state index contributed by atoms with van der Waals surface area (Å²) in [7, 11) is -3.79. The topological polar surface area (TPSA) is 85.2 Å². The molecule has 1 atom stereocenters. The number of aromatic nitrogens is 1. The summed E-state index contributed by atoms with van der Waals surface area (Å²) in [5.41, 5.74) is 2.60. The van der Waals surface area contributed by atoms with Crippen molar-refractivity contribution in [1.29, 1.82) is 0 Å². The molecule has 1 N–H and O–H groups in total. The molecular weight excluding hydrogens is 352 g/mol. The summed E-state index contributed by atoms with van der Waals surface area (Å²) in [6.45, 7) is 1.89. The van der Waals surface area contributed by atoms with Gasteiger partial charge in [0.15, 0.2) is 5.78 Å². The largest absolute Gasteiger partial charge is 0.348 e. The maximum atomic E-state index is 13.1. The quantitative estimate of drug-likeness (QED) is 0.714. The lowest BCUT2D eigenvalue weighted by Gasteiger charge is -2.20. The van der Waals surface area contributed by atoms with E-state index in [9.17, 15) is 18.0 Å². The second-order valence-corrected chi connectivity index (χ2v) is 8.19. The van der Waals surface area contributed by atoms with Gasteiger partial charge in [0.1, 0.15) is 0 Å². The minimum absolute atomic E-state index is 0.185. The average molecular weight is 368 g/mol. The van der Waals surface area contributed by atoms with Gasteiger partial charge in [-0.25, -0.2) is 12.4 Å². The van der Waals surface area contributed by atoms with Crippen LogP contribution >= 0.6 is 0 Å². The molecule has 1 aromatic heterocycles. The van der Waals surface area contributed by atoms with Gasteiger partial charge in [0, 0.05) is 23.6 Å². The highest BCUT2D eigenvalue weighted by atomic mass is 32.2. The van der Waals surface area contributed by atoms with Crippen molar-refractivity contribution in [3.8, 4) is 0 Å². The Bertz CT molecular complexity index is 1140. The van der Waals surface area contributed by atoms with Gasteiger partial charge < -0.3 is 5.32 Å². The van der Waals surface area contributed by atoms with Crippen LogP contribution in [0, 0.1) is 6.92 Å². The van der Waals surface area contributed by atoms with Crippen LogP contribution in [0.5, 0.6) is 0 Å². The van der Waals surface area contributed by atoms with E-state index in [1.165, 1.54) is 3.97 Å². The third-order valence-electron chi connectivity index (χ3n) is 4.73. The smallest absolute Gasteiger partial charge is 0.268 e. The molecule has 26 heavy (non-hydrogen) atoms. The molecule has 0 spiro atoms. The number of carbonyl (C=O) groups excluding carboxylic acids is 2. The number of hydrogen-bond acceptors (Lipinski definition) is 4. The summed E-state index contributed by atoms with van der Waals surface area (Å²) >= 11 is 0. The fourth-order valence-electron chi connectivity index (χ4n) is 3.44. The first-order valence-corrected chi connectivity index (χ1v) is 9.56. The van der Waals surface area contributed by atoms with Gasteiger partial charge in [0.05, 0.1) is 16.5 Å². The van der Waals surface area contributed by atoms with Gasteiger partial charge in [-0.1, -0.05) is 29.8 Å². The molecule has 132 valence electrons. The molecule has 0 aliphatic heterocycles. The summed E-state index contributed by atoms with van der Waals surface area (Å²) in [6, 6.07) is 11.0. The highest BCUT2D eigenvalue weighted by Crippen LogP contribution is 2.33. The van der Waals surface area contributed by atoms with E-state index >= 15 is 0 Å². The molecule has 3 aromatic rings. The molecule has 1 aliphatic carbocycles. The first kappa shape index (κ1) is 16.5. The Labute approximate surface area is 150 Å². The Hall–Kier alpha value is -2.93. The molecule has 4 rings (SSSR count). The van der Waals surface area contributed by atoms with Gasteiger partial charge in [-0.05, 0) is 30.7 Å². The molecule has 2 aromatic carbocycles. The maximum Gasteiger partial charge on any atom is 0.268 e. The van der Waals surface area contributed by atoms with Gasteiger partial charge in [0.25, 0.3) is 10.0 Å². The van der Waals surface area contributed by atoms with Crippen LogP contribution in [0.4, 0.5) is 0 Å². The van der Waals surface area contributed by atoms with E-state index in [4.69, 9.17) is 0 Å². The fraction of sp³-hybridized carbons (Fsp3) is 0.158. The number of rotatable bonds is 4. The summed E-state index contributed by atoms with van der Waals surface area (Å²) in [4.78, 5) is 23.6. The van der Waals surface area contributed by atoms with E-state index in [1.54, 1.807) is 48.7 Å². The van der Waals surface area contributed by atoms with E-state index in [1.807, 2.05) is 6.92 Å². The lowest BCUT2D eigenvalue weighted by atomic mass is 9.88. The summed E-state index contributed by atoms with van der Waals surface area (Å²) in [6.07, 6.45) is 2.31. The first-order valence-electron chi connectivity index (χ1n) is 8.12. The zero-order valence-corrected chi connectivity index (χ0v) is 14.8. The number of ketones is 1. The molecule has 1 unspecified atom stereocenters. The second-order valence-electron chi connectivity index (χ2n) is 6.37. The maximum absolute atomic E-state index is 13.1. The Kier molecular flexibility index (Phi) is 3.69. The van der Waals surface area contributed by atoms with Crippen LogP contribution < -0.4 is 5.32 Å². The van der Waals surface area contributed by atoms with E-state index < -0.39 is 16.1 Å². The third kappa shape index (κ3) is 2.35. The van der Waals surface area contributed by atoms with Gasteiger partial charge in [-0.3, -0.25) is 9.59 Å². The summed E-state index contributed by atoms with van der Waals surface area (Å²) in [5, 5.41) is 3.15. The molecule has 0 radical (unpaired) electrons. The summed E-state index contributed by atoms with van der Waals surface area (Å²) in [5.74, 6) is -0.208. The zero-order valence-electron chi connectivity index (χ0n) is 14.0. The highest BCUT2D eigenvalue weighted by molar-refractivity contribution is 7.90. The standard InChI is InChI=1S/C19H16N2O4S/c1-12-5-7-14(8-6-12)26(24,25)21-10-13-9-16(20-11-22)19(23)15-3-2-4-17(21)18(13)15/h2-8,10-11,16H,9H2,1H3,(H,20,22). The number of benzene rings is 2. The predicted molar refractivity (Wildman–Crippen MR) is 96.7 cm³/mol. The molecule has 0 saturated heterocycles. The molecule has 0 bridgehead atoms. The van der Waals surface area contributed by atoms with Gasteiger partial charge in [0.2, 0.25) is 6.41 Å². The molecule has 0 saturated carbocycles. The number of carbonyl (C=O) groups is 2. The van der Waals surface area contributed by atoms with Gasteiger partial charge in [-0.15, -0.1) is 0 Å². The van der Waals surface area contributed by atoms with E-state index in [0.717, 1.165) is 11.1 Å². The van der Waals surface area contributed by atoms with Crippen molar-refractivity contribution in [2.75, 3.05) is 0 Å². The van der Waals surface area contributed by atoms with Crippen molar-refractivity contribution in [2.24, 2.45) is 0 Å². The molecule has 1 aliphatic rings. The monoisotopic (exact) mass is 368 g/mol. The number of nitrogens with zero attached hydrogens (tertiary/aromatic N) is 1. The van der Waals surface area contributed by atoms with Crippen LogP contribution in [0.3, 0.4) is 0 Å². The van der Waals surface area contributed by atoms with Crippen LogP contribution in [-0.4, -0.2) is 30.6 Å². The second kappa shape index (κ2) is 5.81. The molecular formula is C19H16N2O4S. The van der Waals surface area contributed by atoms with Crippen LogP contribution in [0.2, 0.25) is 0 Å².